The fraction of sp³-hybridized carbons (Fsp3) is 0.316. The van der Waals surface area contributed by atoms with Gasteiger partial charge in [-0.2, -0.15) is 13.2 Å². The minimum atomic E-state index is -4.63. The van der Waals surface area contributed by atoms with Gasteiger partial charge in [0.15, 0.2) is 0 Å². The van der Waals surface area contributed by atoms with Crippen LogP contribution >= 0.6 is 0 Å². The maximum absolute atomic E-state index is 12.9. The Bertz CT molecular complexity index is 960. The fourth-order valence-electron chi connectivity index (χ4n) is 2.63. The molecule has 158 valence electrons. The Morgan fingerprint density at radius 2 is 1.79 bits per heavy atom. The molecule has 0 aliphatic carbocycles. The van der Waals surface area contributed by atoms with E-state index in [9.17, 15) is 26.4 Å². The molecule has 0 unspecified atom stereocenters. The molecule has 0 spiro atoms. The first-order chi connectivity index (χ1) is 13.4. The Morgan fingerprint density at radius 3 is 2.31 bits per heavy atom. The first-order valence-electron chi connectivity index (χ1n) is 8.50. The van der Waals surface area contributed by atoms with E-state index in [2.05, 4.69) is 5.32 Å². The van der Waals surface area contributed by atoms with Gasteiger partial charge in [0, 0.05) is 0 Å². The average molecular weight is 430 g/mol. The highest BCUT2D eigenvalue weighted by atomic mass is 32.2. The van der Waals surface area contributed by atoms with E-state index in [1.165, 1.54) is 13.2 Å². The van der Waals surface area contributed by atoms with Gasteiger partial charge in [-0.1, -0.05) is 18.2 Å². The van der Waals surface area contributed by atoms with Crippen LogP contribution in [0.1, 0.15) is 24.1 Å². The van der Waals surface area contributed by atoms with Crippen molar-refractivity contribution in [1.29, 1.82) is 0 Å². The van der Waals surface area contributed by atoms with Crippen molar-refractivity contribution >= 4 is 21.6 Å². The van der Waals surface area contributed by atoms with Crippen molar-refractivity contribution < 1.29 is 31.1 Å². The highest BCUT2D eigenvalue weighted by Crippen LogP contribution is 2.32. The number of nitrogens with zero attached hydrogens (tertiary/aromatic N) is 1. The number of amides is 1. The molecule has 0 fully saturated rings. The zero-order chi connectivity index (χ0) is 21.8. The number of methoxy groups -OCH3 is 1. The summed E-state index contributed by atoms with van der Waals surface area (Å²) in [6, 6.07) is 10.3. The first-order valence-corrected chi connectivity index (χ1v) is 10.3. The van der Waals surface area contributed by atoms with Crippen molar-refractivity contribution in [3.63, 3.8) is 0 Å². The fourth-order valence-corrected chi connectivity index (χ4v) is 3.48. The summed E-state index contributed by atoms with van der Waals surface area (Å²) in [6.45, 7) is 1.05. The van der Waals surface area contributed by atoms with Gasteiger partial charge in [0.2, 0.25) is 15.9 Å². The van der Waals surface area contributed by atoms with Crippen LogP contribution in [-0.2, 0) is 21.0 Å². The lowest BCUT2D eigenvalue weighted by Gasteiger charge is -2.24. The van der Waals surface area contributed by atoms with Crippen LogP contribution in [0, 0.1) is 0 Å². The molecule has 0 saturated heterocycles. The third-order valence-corrected chi connectivity index (χ3v) is 5.28. The van der Waals surface area contributed by atoms with Crippen molar-refractivity contribution in [2.24, 2.45) is 0 Å². The predicted molar refractivity (Wildman–Crippen MR) is 103 cm³/mol. The van der Waals surface area contributed by atoms with Crippen molar-refractivity contribution in [2.45, 2.75) is 19.1 Å². The topological polar surface area (TPSA) is 75.7 Å². The molecule has 0 heterocycles. The zero-order valence-electron chi connectivity index (χ0n) is 16.0. The molecule has 2 rings (SSSR count). The van der Waals surface area contributed by atoms with Crippen molar-refractivity contribution in [2.75, 3.05) is 24.2 Å². The molecular formula is C19H21F3N2O4S. The van der Waals surface area contributed by atoms with Gasteiger partial charge in [0.1, 0.15) is 12.3 Å². The van der Waals surface area contributed by atoms with E-state index in [0.29, 0.717) is 16.1 Å². The summed E-state index contributed by atoms with van der Waals surface area (Å²) in [5, 5.41) is 2.64. The molecule has 29 heavy (non-hydrogen) atoms. The lowest BCUT2D eigenvalue weighted by atomic mass is 10.1. The maximum atomic E-state index is 12.9. The van der Waals surface area contributed by atoms with Crippen LogP contribution in [0.15, 0.2) is 48.5 Å². The minimum absolute atomic E-state index is 0.241. The highest BCUT2D eigenvalue weighted by Gasteiger charge is 2.32. The number of nitrogens with one attached hydrogen (secondary N) is 1. The minimum Gasteiger partial charge on any atom is -0.497 e. The molecule has 0 radical (unpaired) electrons. The number of hydrogen-bond acceptors (Lipinski definition) is 4. The van der Waals surface area contributed by atoms with Crippen LogP contribution in [0.3, 0.4) is 0 Å². The average Bonchev–Trinajstić information content (AvgIpc) is 2.64. The number of alkyl halides is 3. The second kappa shape index (κ2) is 8.73. The zero-order valence-corrected chi connectivity index (χ0v) is 16.8. The summed E-state index contributed by atoms with van der Waals surface area (Å²) in [7, 11) is -2.47. The van der Waals surface area contributed by atoms with Crippen LogP contribution in [0.4, 0.5) is 18.9 Å². The van der Waals surface area contributed by atoms with E-state index in [0.717, 1.165) is 24.0 Å². The smallest absolute Gasteiger partial charge is 0.416 e. The van der Waals surface area contributed by atoms with Crippen LogP contribution in [0.25, 0.3) is 0 Å². The molecule has 1 atom stereocenters. The van der Waals surface area contributed by atoms with Crippen LogP contribution in [0.2, 0.25) is 0 Å². The maximum Gasteiger partial charge on any atom is 0.416 e. The number of ether oxygens (including phenoxy) is 1. The number of benzene rings is 2. The van der Waals surface area contributed by atoms with Gasteiger partial charge >= 0.3 is 6.18 Å². The van der Waals surface area contributed by atoms with Crippen molar-refractivity contribution in [3.05, 3.63) is 59.7 Å². The second-order valence-corrected chi connectivity index (χ2v) is 8.29. The Labute approximate surface area is 167 Å². The number of hydrogen-bond donors (Lipinski definition) is 1. The van der Waals surface area contributed by atoms with E-state index in [1.807, 2.05) is 0 Å². The second-order valence-electron chi connectivity index (χ2n) is 6.38. The van der Waals surface area contributed by atoms with Gasteiger partial charge < -0.3 is 10.1 Å². The first kappa shape index (κ1) is 22.5. The largest absolute Gasteiger partial charge is 0.497 e. The molecule has 2 aromatic rings. The lowest BCUT2D eigenvalue weighted by Crippen LogP contribution is -2.41. The Morgan fingerprint density at radius 1 is 1.17 bits per heavy atom. The standard InChI is InChI=1S/C19H21F3N2O4S/c1-13(14-7-9-17(28-2)10-8-14)23-18(25)12-24(29(3,26)27)16-6-4-5-15(11-16)19(20,21)22/h4-11,13H,12H2,1-3H3,(H,23,25)/t13-/m1/s1. The summed E-state index contributed by atoms with van der Waals surface area (Å²) in [6.07, 6.45) is -3.81. The van der Waals surface area contributed by atoms with E-state index in [1.54, 1.807) is 31.2 Å². The SMILES string of the molecule is COc1ccc([C@@H](C)NC(=O)CN(c2cccc(C(F)(F)F)c2)S(C)(=O)=O)cc1. The van der Waals surface area contributed by atoms with Gasteiger partial charge in [-0.05, 0) is 42.8 Å². The number of sulfonamides is 1. The highest BCUT2D eigenvalue weighted by molar-refractivity contribution is 7.92. The molecule has 0 aromatic heterocycles. The number of halogens is 3. The van der Waals surface area contributed by atoms with Gasteiger partial charge in [-0.25, -0.2) is 8.42 Å². The van der Waals surface area contributed by atoms with E-state index >= 15 is 0 Å². The van der Waals surface area contributed by atoms with Gasteiger partial charge in [0.25, 0.3) is 0 Å². The molecule has 0 aliphatic heterocycles. The third-order valence-electron chi connectivity index (χ3n) is 4.14. The summed E-state index contributed by atoms with van der Waals surface area (Å²) in [4.78, 5) is 12.4. The lowest BCUT2D eigenvalue weighted by molar-refractivity contribution is -0.137. The Kier molecular flexibility index (Phi) is 6.78. The summed E-state index contributed by atoms with van der Waals surface area (Å²) < 4.78 is 68.8. The summed E-state index contributed by atoms with van der Waals surface area (Å²) in [5.74, 6) is -0.0174. The van der Waals surface area contributed by atoms with E-state index in [-0.39, 0.29) is 5.69 Å². The molecule has 0 aliphatic rings. The van der Waals surface area contributed by atoms with Crippen molar-refractivity contribution in [3.8, 4) is 5.75 Å². The molecule has 6 nitrogen and oxygen atoms in total. The van der Waals surface area contributed by atoms with Crippen LogP contribution in [-0.4, -0.2) is 34.2 Å². The molecule has 1 N–H and O–H groups in total. The molecule has 10 heteroatoms. The summed E-state index contributed by atoms with van der Waals surface area (Å²) in [5.41, 5.74) is -0.491. The molecule has 0 bridgehead atoms. The van der Waals surface area contributed by atoms with Gasteiger partial charge in [-0.15, -0.1) is 0 Å². The Hall–Kier alpha value is -2.75. The van der Waals surface area contributed by atoms with Gasteiger partial charge in [0.05, 0.1) is 30.7 Å². The van der Waals surface area contributed by atoms with E-state index in [4.69, 9.17) is 4.74 Å². The van der Waals surface area contributed by atoms with Crippen LogP contribution in [0.5, 0.6) is 5.75 Å². The summed E-state index contributed by atoms with van der Waals surface area (Å²) >= 11 is 0. The number of carbonyl (C=O) groups is 1. The number of carbonyl (C=O) groups excluding carboxylic acids is 1. The molecule has 1 amide bonds. The molecule has 0 saturated carbocycles. The van der Waals surface area contributed by atoms with E-state index < -0.39 is 40.3 Å². The third kappa shape index (κ3) is 6.11. The van der Waals surface area contributed by atoms with Gasteiger partial charge in [-0.3, -0.25) is 9.10 Å². The Balaban J connectivity index is 2.19. The molecular weight excluding hydrogens is 409 g/mol. The monoisotopic (exact) mass is 430 g/mol. The van der Waals surface area contributed by atoms with Crippen molar-refractivity contribution in [1.82, 2.24) is 5.32 Å². The van der Waals surface area contributed by atoms with Crippen LogP contribution < -0.4 is 14.4 Å². The molecule has 2 aromatic carbocycles. The quantitative estimate of drug-likeness (QED) is 0.731. The number of anilines is 1. The predicted octanol–water partition coefficient (Wildman–Crippen LogP) is 3.36. The number of rotatable bonds is 7. The normalized spacial score (nSPS) is 12.9.